The first-order chi connectivity index (χ1) is 15.8. The molecule has 0 amide bonds. The molecule has 0 aliphatic heterocycles. The fraction of sp³-hybridized carbons (Fsp3) is 0.519. The lowest BCUT2D eigenvalue weighted by Gasteiger charge is -2.63. The zero-order valence-electron chi connectivity index (χ0n) is 19.9. The topological polar surface area (TPSA) is 57.1 Å². The Balaban J connectivity index is 1.28. The fourth-order valence-electron chi connectivity index (χ4n) is 6.45. The average molecular weight is 466 g/mol. The van der Waals surface area contributed by atoms with Gasteiger partial charge in [0.15, 0.2) is 0 Å². The minimum atomic E-state index is 0.0736. The van der Waals surface area contributed by atoms with E-state index >= 15 is 0 Å². The number of rotatable bonds is 7. The van der Waals surface area contributed by atoms with Crippen LogP contribution in [0.1, 0.15) is 52.9 Å². The molecule has 33 heavy (non-hydrogen) atoms. The Bertz CT molecular complexity index is 1120. The zero-order valence-corrected chi connectivity index (χ0v) is 20.7. The van der Waals surface area contributed by atoms with Crippen molar-refractivity contribution in [3.63, 3.8) is 0 Å². The van der Waals surface area contributed by atoms with E-state index in [-0.39, 0.29) is 33.5 Å². The van der Waals surface area contributed by atoms with Gasteiger partial charge in [-0.2, -0.15) is 9.97 Å². The van der Waals surface area contributed by atoms with Crippen LogP contribution in [0.3, 0.4) is 0 Å². The largest absolute Gasteiger partial charge is 0.467 e. The van der Waals surface area contributed by atoms with Gasteiger partial charge in [0, 0.05) is 11.3 Å². The highest BCUT2D eigenvalue weighted by atomic mass is 35.5. The quantitative estimate of drug-likeness (QED) is 0.433. The first kappa shape index (κ1) is 22.4. The third-order valence-electron chi connectivity index (χ3n) is 8.44. The monoisotopic (exact) mass is 465 g/mol. The van der Waals surface area contributed by atoms with Gasteiger partial charge in [0.25, 0.3) is 0 Å². The number of unbranched alkanes of at least 4 members (excludes halogenated alkanes) is 1. The van der Waals surface area contributed by atoms with Crippen LogP contribution in [-0.2, 0) is 0 Å². The molecular formula is C27H32ClN3O2. The van der Waals surface area contributed by atoms with E-state index in [4.69, 9.17) is 21.1 Å². The number of hydrogen-bond acceptors (Lipinski definition) is 5. The van der Waals surface area contributed by atoms with E-state index in [2.05, 4.69) is 78.3 Å². The summed E-state index contributed by atoms with van der Waals surface area (Å²) in [7, 11) is 1.49. The van der Waals surface area contributed by atoms with Gasteiger partial charge >= 0.3 is 12.0 Å². The summed E-state index contributed by atoms with van der Waals surface area (Å²) in [5.41, 5.74) is 5.06. The van der Waals surface area contributed by atoms with Gasteiger partial charge in [-0.1, -0.05) is 63.3 Å². The lowest BCUT2D eigenvalue weighted by atomic mass is 9.40. The minimum absolute atomic E-state index is 0.0736. The van der Waals surface area contributed by atoms with Crippen molar-refractivity contribution in [3.8, 4) is 12.0 Å². The second kappa shape index (κ2) is 8.12. The molecule has 0 radical (unpaired) electrons. The number of hydrogen-bond donors (Lipinski definition) is 0. The van der Waals surface area contributed by atoms with Gasteiger partial charge in [-0.05, 0) is 71.3 Å². The molecule has 4 atom stereocenters. The van der Waals surface area contributed by atoms with Gasteiger partial charge in [-0.3, -0.25) is 0 Å². The predicted molar refractivity (Wildman–Crippen MR) is 130 cm³/mol. The summed E-state index contributed by atoms with van der Waals surface area (Å²) in [6.07, 6.45) is 22.2. The van der Waals surface area contributed by atoms with E-state index in [1.54, 1.807) is 5.57 Å². The van der Waals surface area contributed by atoms with Crippen LogP contribution in [0, 0.1) is 22.2 Å². The Morgan fingerprint density at radius 3 is 2.67 bits per heavy atom. The minimum Gasteiger partial charge on any atom is -0.467 e. The molecule has 1 aromatic heterocycles. The number of allylic oxidation sites excluding steroid dienone is 10. The molecule has 5 rings (SSSR count). The van der Waals surface area contributed by atoms with Crippen molar-refractivity contribution in [1.29, 1.82) is 0 Å². The van der Waals surface area contributed by atoms with Crippen LogP contribution in [0.4, 0.5) is 0 Å². The summed E-state index contributed by atoms with van der Waals surface area (Å²) in [4.78, 5) is 12.0. The molecule has 4 aliphatic rings. The maximum Gasteiger partial charge on any atom is 0.323 e. The van der Waals surface area contributed by atoms with Crippen LogP contribution < -0.4 is 9.47 Å². The van der Waals surface area contributed by atoms with Crippen molar-refractivity contribution in [3.05, 3.63) is 64.5 Å². The third kappa shape index (κ3) is 3.56. The van der Waals surface area contributed by atoms with Crippen molar-refractivity contribution in [2.75, 3.05) is 13.7 Å². The van der Waals surface area contributed by atoms with Crippen molar-refractivity contribution in [1.82, 2.24) is 15.0 Å². The lowest BCUT2D eigenvalue weighted by Crippen LogP contribution is -2.55. The van der Waals surface area contributed by atoms with Gasteiger partial charge in [-0.25, -0.2) is 0 Å². The van der Waals surface area contributed by atoms with E-state index in [0.29, 0.717) is 12.5 Å². The smallest absolute Gasteiger partial charge is 0.323 e. The van der Waals surface area contributed by atoms with Gasteiger partial charge < -0.3 is 9.47 Å². The summed E-state index contributed by atoms with van der Waals surface area (Å²) in [5.74, 6) is 0.515. The molecular weight excluding hydrogens is 434 g/mol. The summed E-state index contributed by atoms with van der Waals surface area (Å²) < 4.78 is 10.7. The predicted octanol–water partition coefficient (Wildman–Crippen LogP) is 6.44. The number of methoxy groups -OCH3 is 1. The van der Waals surface area contributed by atoms with Crippen molar-refractivity contribution in [2.24, 2.45) is 22.2 Å². The molecule has 1 heterocycles. The Morgan fingerprint density at radius 2 is 1.85 bits per heavy atom. The van der Waals surface area contributed by atoms with Crippen LogP contribution in [-0.4, -0.2) is 28.7 Å². The summed E-state index contributed by atoms with van der Waals surface area (Å²) in [6, 6.07) is 0.373. The average Bonchev–Trinajstić information content (AvgIpc) is 2.78. The molecule has 0 bridgehead atoms. The van der Waals surface area contributed by atoms with Gasteiger partial charge in [0.2, 0.25) is 5.28 Å². The van der Waals surface area contributed by atoms with Crippen LogP contribution in [0.25, 0.3) is 0 Å². The van der Waals surface area contributed by atoms with Crippen LogP contribution in [0.15, 0.2) is 59.3 Å². The van der Waals surface area contributed by atoms with Crippen LogP contribution >= 0.6 is 11.6 Å². The van der Waals surface area contributed by atoms with E-state index in [0.717, 1.165) is 32.1 Å². The van der Waals surface area contributed by atoms with Gasteiger partial charge in [-0.15, -0.1) is 4.98 Å². The van der Waals surface area contributed by atoms with Crippen LogP contribution in [0.2, 0.25) is 5.28 Å². The van der Waals surface area contributed by atoms with Crippen molar-refractivity contribution in [2.45, 2.75) is 52.9 Å². The van der Waals surface area contributed by atoms with Gasteiger partial charge in [0.1, 0.15) is 0 Å². The zero-order chi connectivity index (χ0) is 23.3. The highest BCUT2D eigenvalue weighted by molar-refractivity contribution is 6.28. The molecule has 0 saturated carbocycles. The Morgan fingerprint density at radius 1 is 1.03 bits per heavy atom. The molecule has 0 spiro atoms. The maximum atomic E-state index is 5.89. The Hall–Kier alpha value is -2.40. The Kier molecular flexibility index (Phi) is 5.51. The lowest BCUT2D eigenvalue weighted by molar-refractivity contribution is 0.0252. The standard InChI is InChI=1S/C27H32ClN3O2/c1-25-14-10-18(8-5-6-17-33-24-30-22(28)29-23(31-24)32-4)20-12-16-26(2)13-7-9-19(11-15-25)27(26,3)21(20)25/h7,9-13,15,21H,5-6,8,14,16-17H2,1-4H3. The van der Waals surface area contributed by atoms with Crippen molar-refractivity contribution >= 4 is 11.6 Å². The number of nitrogens with zero attached hydrogens (tertiary/aromatic N) is 3. The first-order valence-corrected chi connectivity index (χ1v) is 12.2. The van der Waals surface area contributed by atoms with E-state index < -0.39 is 0 Å². The number of halogens is 1. The second-order valence-corrected chi connectivity index (χ2v) is 10.7. The molecule has 0 N–H and O–H groups in total. The first-order valence-electron chi connectivity index (χ1n) is 11.9. The molecule has 0 aromatic carbocycles. The maximum absolute atomic E-state index is 5.89. The molecule has 174 valence electrons. The van der Waals surface area contributed by atoms with E-state index in [9.17, 15) is 0 Å². The molecule has 1 aromatic rings. The molecule has 4 aliphatic carbocycles. The molecule has 5 nitrogen and oxygen atoms in total. The number of ether oxygens (including phenoxy) is 2. The normalized spacial score (nSPS) is 33.6. The fourth-order valence-corrected chi connectivity index (χ4v) is 6.59. The van der Waals surface area contributed by atoms with E-state index in [1.807, 2.05) is 0 Å². The summed E-state index contributed by atoms with van der Waals surface area (Å²) in [5, 5.41) is 0.0736. The van der Waals surface area contributed by atoms with Crippen molar-refractivity contribution < 1.29 is 9.47 Å². The molecule has 0 saturated heterocycles. The summed E-state index contributed by atoms with van der Waals surface area (Å²) >= 11 is 5.89. The van der Waals surface area contributed by atoms with E-state index in [1.165, 1.54) is 18.3 Å². The number of aromatic nitrogens is 3. The SMILES string of the molecule is COc1nc(Cl)nc(OCCCCC2=CCC3(C)C=CC4=CC=CC5(C)CC=C2C3C45C)n1. The molecule has 4 unspecified atom stereocenters. The second-order valence-electron chi connectivity index (χ2n) is 10.3. The molecule has 0 fully saturated rings. The summed E-state index contributed by atoms with van der Waals surface area (Å²) in [6.45, 7) is 7.93. The van der Waals surface area contributed by atoms with Crippen LogP contribution in [0.5, 0.6) is 12.0 Å². The highest BCUT2D eigenvalue weighted by Gasteiger charge is 2.60. The Labute approximate surface area is 201 Å². The van der Waals surface area contributed by atoms with Gasteiger partial charge in [0.05, 0.1) is 13.7 Å². The molecule has 6 heteroatoms. The third-order valence-corrected chi connectivity index (χ3v) is 8.61. The highest BCUT2D eigenvalue weighted by Crippen LogP contribution is 2.69.